The van der Waals surface area contributed by atoms with E-state index >= 15 is 0 Å². The first kappa shape index (κ1) is 30.4. The van der Waals surface area contributed by atoms with E-state index in [0.29, 0.717) is 27.4 Å². The van der Waals surface area contributed by atoms with Crippen LogP contribution in [-0.4, -0.2) is 66.0 Å². The second-order valence-electron chi connectivity index (χ2n) is 9.38. The van der Waals surface area contributed by atoms with E-state index in [9.17, 15) is 19.2 Å². The van der Waals surface area contributed by atoms with Crippen molar-refractivity contribution in [2.24, 2.45) is 17.4 Å². The van der Waals surface area contributed by atoms with Crippen LogP contribution in [0.25, 0.3) is 0 Å². The molecule has 0 atom stereocenters. The fourth-order valence-corrected chi connectivity index (χ4v) is 5.21. The lowest BCUT2D eigenvalue weighted by atomic mass is 9.88. The van der Waals surface area contributed by atoms with Crippen LogP contribution in [0.2, 0.25) is 5.02 Å². The second-order valence-corrected chi connectivity index (χ2v) is 10.9. The standard InChI is InChI=1S/C9H8ClNO2.C9H17NO.C8H11N3OS/c10-7-3-1-6(2-4-7)8(12)5-9(11)13;1-10(2)9(11)8-6-4-3-5-7-8;1-11-3-2-5-6(4-11)13-8(10-5)7(9)12/h1-4H,5H2,(H2,11,13);8H,3-7H2,1-2H3;2-4H2,1H3,(H2,9,12). The van der Waals surface area contributed by atoms with Crippen molar-refractivity contribution >= 4 is 46.4 Å². The van der Waals surface area contributed by atoms with Crippen LogP contribution >= 0.6 is 22.9 Å². The number of benzene rings is 1. The zero-order valence-corrected chi connectivity index (χ0v) is 23.2. The first-order valence-corrected chi connectivity index (χ1v) is 13.4. The Kier molecular flexibility index (Phi) is 12.2. The van der Waals surface area contributed by atoms with Gasteiger partial charge in [-0.05, 0) is 44.2 Å². The fraction of sp³-hybridized carbons (Fsp3) is 0.500. The minimum absolute atomic E-state index is 0.262. The summed E-state index contributed by atoms with van der Waals surface area (Å²) in [7, 11) is 5.75. The molecule has 0 unspecified atom stereocenters. The van der Waals surface area contributed by atoms with Crippen molar-refractivity contribution < 1.29 is 19.2 Å². The third kappa shape index (κ3) is 10.2. The number of primary amides is 2. The quantitative estimate of drug-likeness (QED) is 0.433. The topological polar surface area (TPSA) is 140 Å². The Balaban J connectivity index is 0.000000196. The predicted octanol–water partition coefficient (Wildman–Crippen LogP) is 3.28. The number of ketones is 1. The van der Waals surface area contributed by atoms with Gasteiger partial charge in [-0.2, -0.15) is 0 Å². The van der Waals surface area contributed by atoms with Crippen LogP contribution in [0.15, 0.2) is 24.3 Å². The number of aromatic nitrogens is 1. The highest BCUT2D eigenvalue weighted by Gasteiger charge is 2.22. The average molecular weight is 550 g/mol. The number of Topliss-reactive ketones (excluding diaryl/α,β-unsaturated/α-hetero) is 1. The molecule has 1 aromatic carbocycles. The molecule has 4 rings (SSSR count). The predicted molar refractivity (Wildman–Crippen MR) is 146 cm³/mol. The maximum absolute atomic E-state index is 11.4. The molecule has 0 bridgehead atoms. The van der Waals surface area contributed by atoms with E-state index in [1.54, 1.807) is 29.2 Å². The van der Waals surface area contributed by atoms with Crippen LogP contribution < -0.4 is 11.5 Å². The number of carbonyl (C=O) groups excluding carboxylic acids is 4. The number of hydrogen-bond donors (Lipinski definition) is 2. The number of likely N-dealkylation sites (N-methyl/N-ethyl adjacent to an activating group) is 1. The molecule has 4 N–H and O–H groups in total. The van der Waals surface area contributed by atoms with Gasteiger partial charge in [0.1, 0.15) is 0 Å². The summed E-state index contributed by atoms with van der Waals surface area (Å²) in [6.07, 6.45) is 6.68. The van der Waals surface area contributed by atoms with Crippen molar-refractivity contribution in [3.63, 3.8) is 0 Å². The first-order chi connectivity index (χ1) is 17.5. The lowest BCUT2D eigenvalue weighted by Gasteiger charge is -2.23. The van der Waals surface area contributed by atoms with Crippen LogP contribution in [0, 0.1) is 5.92 Å². The largest absolute Gasteiger partial charge is 0.369 e. The third-order valence-corrected chi connectivity index (χ3v) is 7.38. The minimum Gasteiger partial charge on any atom is -0.369 e. The van der Waals surface area contributed by atoms with Crippen molar-refractivity contribution in [2.45, 2.75) is 51.5 Å². The van der Waals surface area contributed by atoms with Gasteiger partial charge in [0, 0.05) is 55.0 Å². The molecule has 0 saturated heterocycles. The number of fused-ring (bicyclic) bond motifs is 1. The van der Waals surface area contributed by atoms with E-state index in [2.05, 4.69) is 16.9 Å². The van der Waals surface area contributed by atoms with Gasteiger partial charge in [0.05, 0.1) is 12.1 Å². The van der Waals surface area contributed by atoms with Gasteiger partial charge in [-0.3, -0.25) is 19.2 Å². The molecule has 1 saturated carbocycles. The maximum Gasteiger partial charge on any atom is 0.277 e. The van der Waals surface area contributed by atoms with Crippen molar-refractivity contribution in [1.82, 2.24) is 14.8 Å². The highest BCUT2D eigenvalue weighted by molar-refractivity contribution is 7.13. The second kappa shape index (κ2) is 14.8. The molecule has 202 valence electrons. The van der Waals surface area contributed by atoms with Crippen LogP contribution in [0.4, 0.5) is 0 Å². The Morgan fingerprint density at radius 1 is 1.08 bits per heavy atom. The molecule has 0 spiro atoms. The Hall–Kier alpha value is -2.82. The van der Waals surface area contributed by atoms with E-state index in [-0.39, 0.29) is 12.2 Å². The van der Waals surface area contributed by atoms with Gasteiger partial charge in [0.15, 0.2) is 10.8 Å². The monoisotopic (exact) mass is 549 g/mol. The molecule has 1 aliphatic heterocycles. The van der Waals surface area contributed by atoms with Crippen LogP contribution in [-0.2, 0) is 22.6 Å². The van der Waals surface area contributed by atoms with Crippen molar-refractivity contribution in [3.05, 3.63) is 50.4 Å². The molecule has 1 fully saturated rings. The summed E-state index contributed by atoms with van der Waals surface area (Å²) < 4.78 is 0. The Labute approximate surface area is 227 Å². The molecule has 3 amide bonds. The minimum atomic E-state index is -0.625. The highest BCUT2D eigenvalue weighted by Crippen LogP contribution is 2.25. The molecular weight excluding hydrogens is 514 g/mol. The molecule has 2 aliphatic rings. The van der Waals surface area contributed by atoms with Crippen LogP contribution in [0.3, 0.4) is 0 Å². The fourth-order valence-electron chi connectivity index (χ4n) is 4.04. The number of amides is 3. The Morgan fingerprint density at radius 3 is 2.24 bits per heavy atom. The Bertz CT molecular complexity index is 1080. The molecule has 9 nitrogen and oxygen atoms in total. The SMILES string of the molecule is CN(C)C(=O)C1CCCCC1.CN1CCc2nc(C(N)=O)sc2C1.NC(=O)CC(=O)c1ccc(Cl)cc1. The highest BCUT2D eigenvalue weighted by atomic mass is 35.5. The van der Waals surface area contributed by atoms with Crippen molar-refractivity contribution in [1.29, 1.82) is 0 Å². The average Bonchev–Trinajstić information content (AvgIpc) is 3.28. The molecule has 37 heavy (non-hydrogen) atoms. The van der Waals surface area contributed by atoms with Crippen molar-refractivity contribution in [3.8, 4) is 0 Å². The molecule has 1 aliphatic carbocycles. The van der Waals surface area contributed by atoms with E-state index in [0.717, 1.165) is 38.0 Å². The molecule has 11 heteroatoms. The van der Waals surface area contributed by atoms with Gasteiger partial charge < -0.3 is 21.3 Å². The molecule has 2 aromatic rings. The van der Waals surface area contributed by atoms with Gasteiger partial charge >= 0.3 is 0 Å². The van der Waals surface area contributed by atoms with Crippen LogP contribution in [0.5, 0.6) is 0 Å². The third-order valence-electron chi connectivity index (χ3n) is 6.03. The maximum atomic E-state index is 11.4. The number of hydrogen-bond acceptors (Lipinski definition) is 7. The normalized spacial score (nSPS) is 15.2. The number of halogens is 1. The lowest BCUT2D eigenvalue weighted by Crippen LogP contribution is -2.30. The number of rotatable bonds is 5. The van der Waals surface area contributed by atoms with Crippen LogP contribution in [0.1, 0.15) is 69.3 Å². The van der Waals surface area contributed by atoms with Gasteiger partial charge in [-0.1, -0.05) is 30.9 Å². The van der Waals surface area contributed by atoms with E-state index < -0.39 is 11.8 Å². The summed E-state index contributed by atoms with van der Waals surface area (Å²) in [6, 6.07) is 6.31. The summed E-state index contributed by atoms with van der Waals surface area (Å²) >= 11 is 7.04. The molecule has 0 radical (unpaired) electrons. The smallest absolute Gasteiger partial charge is 0.277 e. The molecule has 1 aromatic heterocycles. The van der Waals surface area contributed by atoms with Gasteiger partial charge in [-0.25, -0.2) is 4.98 Å². The molecular formula is C26H36ClN5O4S. The number of carbonyl (C=O) groups is 4. The number of nitrogens with zero attached hydrogens (tertiary/aromatic N) is 3. The zero-order valence-electron chi connectivity index (χ0n) is 21.7. The number of nitrogens with two attached hydrogens (primary N) is 2. The first-order valence-electron chi connectivity index (χ1n) is 12.2. The summed E-state index contributed by atoms with van der Waals surface area (Å²) in [5.41, 5.74) is 11.5. The summed E-state index contributed by atoms with van der Waals surface area (Å²) in [5, 5.41) is 0.996. The van der Waals surface area contributed by atoms with E-state index in [1.165, 1.54) is 35.5 Å². The molecule has 2 heterocycles. The van der Waals surface area contributed by atoms with E-state index in [1.807, 2.05) is 14.1 Å². The van der Waals surface area contributed by atoms with Gasteiger partial charge in [0.25, 0.3) is 5.91 Å². The van der Waals surface area contributed by atoms with E-state index in [4.69, 9.17) is 23.1 Å². The van der Waals surface area contributed by atoms with Gasteiger partial charge in [0.2, 0.25) is 11.8 Å². The lowest BCUT2D eigenvalue weighted by molar-refractivity contribution is -0.133. The van der Waals surface area contributed by atoms with Gasteiger partial charge in [-0.15, -0.1) is 11.3 Å². The number of thiazole rings is 1. The zero-order chi connectivity index (χ0) is 27.5. The summed E-state index contributed by atoms with van der Waals surface area (Å²) in [4.78, 5) is 53.2. The van der Waals surface area contributed by atoms with Crippen molar-refractivity contribution in [2.75, 3.05) is 27.7 Å². The Morgan fingerprint density at radius 2 is 1.70 bits per heavy atom. The summed E-state index contributed by atoms with van der Waals surface area (Å²) in [5.74, 6) is -0.672. The summed E-state index contributed by atoms with van der Waals surface area (Å²) in [6.45, 7) is 1.90.